The van der Waals surface area contributed by atoms with Gasteiger partial charge in [0, 0.05) is 28.8 Å². The van der Waals surface area contributed by atoms with E-state index in [0.717, 1.165) is 12.1 Å². The predicted octanol–water partition coefficient (Wildman–Crippen LogP) is 3.99. The quantitative estimate of drug-likeness (QED) is 0.508. The maximum atomic E-state index is 13.1. The monoisotopic (exact) mass is 338 g/mol. The Hall–Kier alpha value is -2.48. The maximum Gasteiger partial charge on any atom is 0.269 e. The van der Waals surface area contributed by atoms with Crippen LogP contribution >= 0.6 is 11.8 Å². The zero-order valence-electron chi connectivity index (χ0n) is 12.0. The summed E-state index contributed by atoms with van der Waals surface area (Å²) in [6, 6.07) is 8.88. The fraction of sp³-hybridized carbons (Fsp3) is 0.133. The Morgan fingerprint density at radius 1 is 1.17 bits per heavy atom. The molecule has 23 heavy (non-hydrogen) atoms. The number of carbonyl (C=O) groups is 1. The Balaban J connectivity index is 1.99. The molecule has 1 atom stereocenters. The van der Waals surface area contributed by atoms with Gasteiger partial charge in [0.05, 0.1) is 10.2 Å². The summed E-state index contributed by atoms with van der Waals surface area (Å²) < 4.78 is 25.9. The van der Waals surface area contributed by atoms with Crippen LogP contribution in [0.25, 0.3) is 0 Å². The van der Waals surface area contributed by atoms with Crippen molar-refractivity contribution in [3.8, 4) is 0 Å². The number of hydrogen-bond donors (Lipinski definition) is 1. The van der Waals surface area contributed by atoms with Gasteiger partial charge in [0.2, 0.25) is 5.91 Å². The van der Waals surface area contributed by atoms with Crippen molar-refractivity contribution in [3.63, 3.8) is 0 Å². The van der Waals surface area contributed by atoms with Gasteiger partial charge in [-0.2, -0.15) is 0 Å². The molecule has 2 rings (SSSR count). The summed E-state index contributed by atoms with van der Waals surface area (Å²) in [7, 11) is 0. The van der Waals surface area contributed by atoms with Crippen LogP contribution < -0.4 is 5.32 Å². The van der Waals surface area contributed by atoms with E-state index in [9.17, 15) is 23.7 Å². The first-order chi connectivity index (χ1) is 10.9. The van der Waals surface area contributed by atoms with Crippen molar-refractivity contribution in [3.05, 3.63) is 64.2 Å². The van der Waals surface area contributed by atoms with Crippen molar-refractivity contribution in [2.75, 3.05) is 5.32 Å². The van der Waals surface area contributed by atoms with Crippen LogP contribution in [-0.4, -0.2) is 16.1 Å². The third-order valence-electron chi connectivity index (χ3n) is 2.92. The fourth-order valence-corrected chi connectivity index (χ4v) is 2.59. The van der Waals surface area contributed by atoms with Gasteiger partial charge in [-0.15, -0.1) is 11.8 Å². The Kier molecular flexibility index (Phi) is 5.28. The number of nitro groups is 1. The minimum atomic E-state index is -1.04. The van der Waals surface area contributed by atoms with Crippen LogP contribution in [0.5, 0.6) is 0 Å². The zero-order valence-corrected chi connectivity index (χ0v) is 12.8. The van der Waals surface area contributed by atoms with Gasteiger partial charge < -0.3 is 5.32 Å². The molecule has 1 amide bonds. The van der Waals surface area contributed by atoms with Gasteiger partial charge in [-0.25, -0.2) is 8.78 Å². The number of carbonyl (C=O) groups excluding carboxylic acids is 1. The molecule has 0 fully saturated rings. The molecule has 0 saturated heterocycles. The minimum Gasteiger partial charge on any atom is -0.325 e. The van der Waals surface area contributed by atoms with E-state index < -0.39 is 21.8 Å². The molecule has 2 aromatic carbocycles. The Morgan fingerprint density at radius 2 is 1.83 bits per heavy atom. The SMILES string of the molecule is CC(Sc1ccc([N+](=O)[O-])cc1)C(=O)Nc1ccc(F)c(F)c1. The second-order valence-corrected chi connectivity index (χ2v) is 6.04. The number of amides is 1. The van der Waals surface area contributed by atoms with Gasteiger partial charge in [0.15, 0.2) is 11.6 Å². The standard InChI is InChI=1S/C15H12F2N2O3S/c1-9(23-12-5-3-11(4-6-12)19(21)22)15(20)18-10-2-7-13(16)14(17)8-10/h2-9H,1H3,(H,18,20). The second-order valence-electron chi connectivity index (χ2n) is 4.63. The molecule has 0 aliphatic heterocycles. The number of benzene rings is 2. The van der Waals surface area contributed by atoms with Gasteiger partial charge in [-0.1, -0.05) is 0 Å². The molecular weight excluding hydrogens is 326 g/mol. The Bertz CT molecular complexity index is 738. The lowest BCUT2D eigenvalue weighted by Gasteiger charge is -2.12. The van der Waals surface area contributed by atoms with E-state index in [1.165, 1.54) is 30.0 Å². The summed E-state index contributed by atoms with van der Waals surface area (Å²) in [6.45, 7) is 1.64. The van der Waals surface area contributed by atoms with E-state index >= 15 is 0 Å². The maximum absolute atomic E-state index is 13.1. The van der Waals surface area contributed by atoms with E-state index in [1.54, 1.807) is 19.1 Å². The van der Waals surface area contributed by atoms with E-state index in [0.29, 0.717) is 4.90 Å². The molecule has 1 unspecified atom stereocenters. The number of nitrogens with zero attached hydrogens (tertiary/aromatic N) is 1. The van der Waals surface area contributed by atoms with Gasteiger partial charge in [-0.3, -0.25) is 14.9 Å². The molecular formula is C15H12F2N2O3S. The number of rotatable bonds is 5. The first kappa shape index (κ1) is 16.9. The fourth-order valence-electron chi connectivity index (χ4n) is 1.72. The zero-order chi connectivity index (χ0) is 17.0. The molecule has 0 aliphatic carbocycles. The normalized spacial score (nSPS) is 11.8. The summed E-state index contributed by atoms with van der Waals surface area (Å²) in [6.07, 6.45) is 0. The second kappa shape index (κ2) is 7.19. The van der Waals surface area contributed by atoms with Gasteiger partial charge >= 0.3 is 0 Å². The Morgan fingerprint density at radius 3 is 2.39 bits per heavy atom. The largest absolute Gasteiger partial charge is 0.325 e. The van der Waals surface area contributed by atoms with E-state index in [2.05, 4.69) is 5.32 Å². The summed E-state index contributed by atoms with van der Waals surface area (Å²) in [5.41, 5.74) is 0.123. The number of nitrogens with one attached hydrogen (secondary N) is 1. The molecule has 0 aromatic heterocycles. The third-order valence-corrected chi connectivity index (χ3v) is 4.03. The highest BCUT2D eigenvalue weighted by Crippen LogP contribution is 2.26. The molecule has 120 valence electrons. The molecule has 0 spiro atoms. The van der Waals surface area contributed by atoms with Gasteiger partial charge in [-0.05, 0) is 31.2 Å². The van der Waals surface area contributed by atoms with E-state index in [4.69, 9.17) is 0 Å². The number of halogens is 2. The molecule has 1 N–H and O–H groups in total. The first-order valence-electron chi connectivity index (χ1n) is 6.54. The molecule has 0 radical (unpaired) electrons. The molecule has 0 saturated carbocycles. The number of thioether (sulfide) groups is 1. The number of anilines is 1. The molecule has 0 aliphatic rings. The lowest BCUT2D eigenvalue weighted by Crippen LogP contribution is -2.22. The van der Waals surface area contributed by atoms with Crippen molar-refractivity contribution in [1.82, 2.24) is 0 Å². The molecule has 8 heteroatoms. The Labute approximate surface area is 134 Å². The molecule has 2 aromatic rings. The highest BCUT2D eigenvalue weighted by Gasteiger charge is 2.16. The van der Waals surface area contributed by atoms with Crippen LogP contribution in [0.3, 0.4) is 0 Å². The topological polar surface area (TPSA) is 72.2 Å². The minimum absolute atomic E-state index is 0.0340. The van der Waals surface area contributed by atoms with Crippen molar-refractivity contribution in [2.45, 2.75) is 17.1 Å². The van der Waals surface area contributed by atoms with Crippen LogP contribution in [0.2, 0.25) is 0 Å². The highest BCUT2D eigenvalue weighted by molar-refractivity contribution is 8.00. The van der Waals surface area contributed by atoms with Crippen LogP contribution in [0, 0.1) is 21.7 Å². The summed E-state index contributed by atoms with van der Waals surface area (Å²) in [5.74, 6) is -2.42. The van der Waals surface area contributed by atoms with Crippen molar-refractivity contribution in [2.24, 2.45) is 0 Å². The lowest BCUT2D eigenvalue weighted by molar-refractivity contribution is -0.384. The third kappa shape index (κ3) is 4.49. The number of hydrogen-bond acceptors (Lipinski definition) is 4. The average molecular weight is 338 g/mol. The van der Waals surface area contributed by atoms with Gasteiger partial charge in [0.1, 0.15) is 0 Å². The smallest absolute Gasteiger partial charge is 0.269 e. The molecule has 0 bridgehead atoms. The molecule has 5 nitrogen and oxygen atoms in total. The summed E-state index contributed by atoms with van der Waals surface area (Å²) in [4.78, 5) is 22.8. The van der Waals surface area contributed by atoms with Gasteiger partial charge in [0.25, 0.3) is 5.69 Å². The van der Waals surface area contributed by atoms with Crippen LogP contribution in [0.1, 0.15) is 6.92 Å². The number of non-ortho nitro benzene ring substituents is 1. The summed E-state index contributed by atoms with van der Waals surface area (Å²) in [5, 5.41) is 12.5. The van der Waals surface area contributed by atoms with Crippen LogP contribution in [0.15, 0.2) is 47.4 Å². The van der Waals surface area contributed by atoms with E-state index in [1.807, 2.05) is 0 Å². The van der Waals surface area contributed by atoms with Crippen LogP contribution in [-0.2, 0) is 4.79 Å². The summed E-state index contributed by atoms with van der Waals surface area (Å²) >= 11 is 1.20. The predicted molar refractivity (Wildman–Crippen MR) is 83.4 cm³/mol. The number of nitro benzene ring substituents is 1. The molecule has 0 heterocycles. The van der Waals surface area contributed by atoms with Crippen molar-refractivity contribution < 1.29 is 18.5 Å². The van der Waals surface area contributed by atoms with E-state index in [-0.39, 0.29) is 17.3 Å². The first-order valence-corrected chi connectivity index (χ1v) is 7.42. The lowest BCUT2D eigenvalue weighted by atomic mass is 10.3. The van der Waals surface area contributed by atoms with Crippen LogP contribution in [0.4, 0.5) is 20.2 Å². The highest BCUT2D eigenvalue weighted by atomic mass is 32.2. The van der Waals surface area contributed by atoms with Crippen molar-refractivity contribution >= 4 is 29.0 Å². The van der Waals surface area contributed by atoms with Crippen molar-refractivity contribution in [1.29, 1.82) is 0 Å². The average Bonchev–Trinajstić information content (AvgIpc) is 2.51.